The number of allylic oxidation sites excluding steroid dienone is 9. The Labute approximate surface area is 156 Å². The van der Waals surface area contributed by atoms with Crippen LogP contribution in [0.2, 0.25) is 0 Å². The molecule has 0 saturated carbocycles. The molecule has 3 rings (SSSR count). The molecule has 0 aromatic heterocycles. The first kappa shape index (κ1) is 19.1. The Morgan fingerprint density at radius 1 is 1.04 bits per heavy atom. The molecule has 26 heavy (non-hydrogen) atoms. The van der Waals surface area contributed by atoms with Crippen molar-refractivity contribution in [1.82, 2.24) is 0 Å². The molecule has 0 amide bonds. The molecule has 0 radical (unpaired) electrons. The molecule has 0 aromatic rings. The van der Waals surface area contributed by atoms with Gasteiger partial charge in [0, 0.05) is 5.92 Å². The van der Waals surface area contributed by atoms with E-state index in [1.165, 1.54) is 19.3 Å². The summed E-state index contributed by atoms with van der Waals surface area (Å²) in [5.41, 5.74) is 0.877. The zero-order valence-corrected chi connectivity index (χ0v) is 15.8. The largest absolute Gasteiger partial charge is 0.491 e. The Hall–Kier alpha value is -1.64. The van der Waals surface area contributed by atoms with E-state index in [9.17, 15) is 8.78 Å². The fourth-order valence-electron chi connectivity index (χ4n) is 4.04. The van der Waals surface area contributed by atoms with E-state index in [-0.39, 0.29) is 5.76 Å². The van der Waals surface area contributed by atoms with E-state index < -0.39 is 17.9 Å². The summed E-state index contributed by atoms with van der Waals surface area (Å²) < 4.78 is 33.8. The predicted molar refractivity (Wildman–Crippen MR) is 103 cm³/mol. The second-order valence-electron chi connectivity index (χ2n) is 7.77. The van der Waals surface area contributed by atoms with E-state index >= 15 is 0 Å². The third kappa shape index (κ3) is 4.55. The van der Waals surface area contributed by atoms with E-state index in [4.69, 9.17) is 4.74 Å². The van der Waals surface area contributed by atoms with E-state index in [2.05, 4.69) is 31.2 Å². The summed E-state index contributed by atoms with van der Waals surface area (Å²) in [5.74, 6) is 0.646. The molecule has 0 heterocycles. The fraction of sp³-hybridized carbons (Fsp3) is 0.565. The van der Waals surface area contributed by atoms with E-state index in [1.54, 1.807) is 19.1 Å². The van der Waals surface area contributed by atoms with Gasteiger partial charge in [-0.1, -0.05) is 43.4 Å². The minimum atomic E-state index is -1.65. The summed E-state index contributed by atoms with van der Waals surface area (Å²) in [6.07, 6.45) is 18.5. The lowest BCUT2D eigenvalue weighted by molar-refractivity contribution is 0.197. The molecule has 0 bridgehead atoms. The summed E-state index contributed by atoms with van der Waals surface area (Å²) in [5, 5.41) is 0. The van der Waals surface area contributed by atoms with Crippen molar-refractivity contribution in [2.24, 2.45) is 23.7 Å². The molecular weight excluding hydrogens is 330 g/mol. The van der Waals surface area contributed by atoms with Crippen LogP contribution in [-0.2, 0) is 4.74 Å². The average molecular weight is 360 g/mol. The van der Waals surface area contributed by atoms with E-state index in [1.807, 2.05) is 6.08 Å². The van der Waals surface area contributed by atoms with Crippen molar-refractivity contribution in [3.8, 4) is 0 Å². The molecule has 1 nitrogen and oxygen atoms in total. The number of alkyl halides is 1. The van der Waals surface area contributed by atoms with Gasteiger partial charge in [0.15, 0.2) is 17.8 Å². The number of rotatable bonds is 6. The van der Waals surface area contributed by atoms with Crippen molar-refractivity contribution >= 4 is 0 Å². The van der Waals surface area contributed by atoms with Crippen molar-refractivity contribution in [3.05, 3.63) is 59.7 Å². The normalized spacial score (nSPS) is 34.2. The highest BCUT2D eigenvalue weighted by Crippen LogP contribution is 2.36. The zero-order valence-electron chi connectivity index (χ0n) is 15.8. The highest BCUT2D eigenvalue weighted by Gasteiger charge is 2.32. The molecule has 0 spiro atoms. The van der Waals surface area contributed by atoms with Crippen molar-refractivity contribution in [3.63, 3.8) is 0 Å². The molecule has 0 aliphatic heterocycles. The van der Waals surface area contributed by atoms with Crippen LogP contribution in [-0.4, -0.2) is 12.8 Å². The maximum Gasteiger partial charge on any atom is 0.177 e. The van der Waals surface area contributed by atoms with Crippen LogP contribution in [0.15, 0.2) is 59.7 Å². The molecule has 0 fully saturated rings. The van der Waals surface area contributed by atoms with Gasteiger partial charge in [-0.3, -0.25) is 0 Å². The van der Waals surface area contributed by atoms with E-state index in [0.717, 1.165) is 24.3 Å². The Bertz CT molecular complexity index is 641. The minimum absolute atomic E-state index is 0.0318. The van der Waals surface area contributed by atoms with Gasteiger partial charge in [0.2, 0.25) is 0 Å². The Kier molecular flexibility index (Phi) is 6.50. The molecule has 5 unspecified atom stereocenters. The topological polar surface area (TPSA) is 9.23 Å². The molecule has 5 atom stereocenters. The molecular formula is C23H30F2O. The molecule has 142 valence electrons. The Morgan fingerprint density at radius 3 is 2.50 bits per heavy atom. The first-order chi connectivity index (χ1) is 12.6. The highest BCUT2D eigenvalue weighted by atomic mass is 19.2. The summed E-state index contributed by atoms with van der Waals surface area (Å²) in [7, 11) is 0. The summed E-state index contributed by atoms with van der Waals surface area (Å²) in [6, 6.07) is 0. The van der Waals surface area contributed by atoms with Gasteiger partial charge < -0.3 is 4.74 Å². The van der Waals surface area contributed by atoms with Crippen LogP contribution in [0.5, 0.6) is 0 Å². The van der Waals surface area contributed by atoms with Gasteiger partial charge >= 0.3 is 0 Å². The first-order valence-electron chi connectivity index (χ1n) is 9.99. The maximum absolute atomic E-state index is 14.5. The number of halogens is 2. The molecule has 3 aliphatic carbocycles. The molecule has 3 heteroatoms. The van der Waals surface area contributed by atoms with Gasteiger partial charge in [-0.25, -0.2) is 8.78 Å². The molecule has 0 N–H and O–H groups in total. The predicted octanol–water partition coefficient (Wildman–Crippen LogP) is 6.61. The fourth-order valence-corrected chi connectivity index (χ4v) is 4.04. The number of hydrogen-bond acceptors (Lipinski definition) is 1. The highest BCUT2D eigenvalue weighted by molar-refractivity contribution is 5.37. The van der Waals surface area contributed by atoms with Gasteiger partial charge in [-0.05, 0) is 68.4 Å². The van der Waals surface area contributed by atoms with Crippen molar-refractivity contribution in [2.45, 2.75) is 52.1 Å². The van der Waals surface area contributed by atoms with Crippen LogP contribution in [0.1, 0.15) is 46.0 Å². The van der Waals surface area contributed by atoms with Crippen molar-refractivity contribution in [2.75, 3.05) is 6.61 Å². The van der Waals surface area contributed by atoms with Crippen LogP contribution in [0, 0.1) is 23.7 Å². The van der Waals surface area contributed by atoms with Crippen LogP contribution >= 0.6 is 0 Å². The summed E-state index contributed by atoms with van der Waals surface area (Å²) >= 11 is 0. The zero-order chi connectivity index (χ0) is 18.5. The maximum atomic E-state index is 14.5. The third-order valence-corrected chi connectivity index (χ3v) is 5.76. The van der Waals surface area contributed by atoms with Crippen molar-refractivity contribution in [1.29, 1.82) is 0 Å². The van der Waals surface area contributed by atoms with E-state index in [0.29, 0.717) is 18.4 Å². The quantitative estimate of drug-likeness (QED) is 0.484. The van der Waals surface area contributed by atoms with Crippen LogP contribution in [0.3, 0.4) is 0 Å². The SMILES string of the molecule is CCOC1=C(F)C(F)C(C2=CCC(CCC3C=CC(C)CC3)C=C2)C=C1. The van der Waals surface area contributed by atoms with Gasteiger partial charge in [0.25, 0.3) is 0 Å². The second-order valence-corrected chi connectivity index (χ2v) is 7.77. The number of hydrogen-bond donors (Lipinski definition) is 0. The Morgan fingerprint density at radius 2 is 1.85 bits per heavy atom. The summed E-state index contributed by atoms with van der Waals surface area (Å²) in [4.78, 5) is 0. The lowest BCUT2D eigenvalue weighted by Crippen LogP contribution is -2.22. The van der Waals surface area contributed by atoms with Gasteiger partial charge in [0.05, 0.1) is 6.61 Å². The Balaban J connectivity index is 1.52. The first-order valence-corrected chi connectivity index (χ1v) is 9.99. The molecule has 0 saturated heterocycles. The molecule has 3 aliphatic rings. The second kappa shape index (κ2) is 8.83. The molecule has 0 aromatic carbocycles. The van der Waals surface area contributed by atoms with Crippen LogP contribution < -0.4 is 0 Å². The van der Waals surface area contributed by atoms with Crippen LogP contribution in [0.4, 0.5) is 8.78 Å². The van der Waals surface area contributed by atoms with Gasteiger partial charge in [0.1, 0.15) is 0 Å². The monoisotopic (exact) mass is 360 g/mol. The third-order valence-electron chi connectivity index (χ3n) is 5.76. The number of ether oxygens (including phenoxy) is 1. The van der Waals surface area contributed by atoms with Gasteiger partial charge in [-0.15, -0.1) is 0 Å². The van der Waals surface area contributed by atoms with Gasteiger partial charge in [-0.2, -0.15) is 0 Å². The smallest absolute Gasteiger partial charge is 0.177 e. The van der Waals surface area contributed by atoms with Crippen LogP contribution in [0.25, 0.3) is 0 Å². The summed E-state index contributed by atoms with van der Waals surface area (Å²) in [6.45, 7) is 4.38. The lowest BCUT2D eigenvalue weighted by atomic mass is 9.81. The van der Waals surface area contributed by atoms with Crippen molar-refractivity contribution < 1.29 is 13.5 Å². The minimum Gasteiger partial charge on any atom is -0.491 e. The lowest BCUT2D eigenvalue weighted by Gasteiger charge is -2.26. The average Bonchev–Trinajstić information content (AvgIpc) is 2.66. The standard InChI is InChI=1S/C23H30F2O/c1-3-26-21-15-14-20(22(24)23(21)25)19-12-10-18(11-13-19)9-8-17-6-4-16(2)5-7-17/h4,6,10,12-18,20,22H,3,5,7-9,11H2,1-2H3.